The number of hydrogen-bond donors (Lipinski definition) is 0. The molecule has 0 bridgehead atoms. The van der Waals surface area contributed by atoms with E-state index in [9.17, 15) is 4.79 Å². The van der Waals surface area contributed by atoms with Crippen molar-refractivity contribution in [1.29, 1.82) is 0 Å². The van der Waals surface area contributed by atoms with Crippen LogP contribution in [0.15, 0.2) is 42.5 Å². The van der Waals surface area contributed by atoms with Crippen LogP contribution in [0.4, 0.5) is 5.82 Å². The van der Waals surface area contributed by atoms with Gasteiger partial charge < -0.3 is 9.64 Å². The Morgan fingerprint density at radius 2 is 1.74 bits per heavy atom. The second kappa shape index (κ2) is 4.81. The van der Waals surface area contributed by atoms with E-state index in [-0.39, 0.29) is 5.78 Å². The minimum Gasteiger partial charge on any atom is -0.496 e. The Hall–Kier alpha value is -2.88. The van der Waals surface area contributed by atoms with Crippen LogP contribution in [0.5, 0.6) is 5.75 Å². The van der Waals surface area contributed by atoms with Crippen LogP contribution in [0.2, 0.25) is 0 Å². The van der Waals surface area contributed by atoms with Crippen LogP contribution in [0.25, 0.3) is 22.0 Å². The molecule has 3 aromatic rings. The Labute approximate surface area is 134 Å². The molecule has 4 rings (SSSR count). The molecular formula is C19H16N2O2. The van der Waals surface area contributed by atoms with E-state index in [1.807, 2.05) is 61.5 Å². The Bertz CT molecular complexity index is 961. The van der Waals surface area contributed by atoms with E-state index in [1.54, 1.807) is 7.11 Å². The molecule has 0 amide bonds. The van der Waals surface area contributed by atoms with E-state index in [4.69, 9.17) is 4.74 Å². The monoisotopic (exact) mass is 304 g/mol. The molecule has 1 heterocycles. The van der Waals surface area contributed by atoms with Gasteiger partial charge in [0.15, 0.2) is 5.78 Å². The zero-order chi connectivity index (χ0) is 16.1. The third-order valence-corrected chi connectivity index (χ3v) is 4.29. The number of anilines is 1. The lowest BCUT2D eigenvalue weighted by Gasteiger charge is -2.23. The second-order valence-corrected chi connectivity index (χ2v) is 5.83. The summed E-state index contributed by atoms with van der Waals surface area (Å²) in [5.74, 6) is 1.46. The Kier molecular flexibility index (Phi) is 2.88. The van der Waals surface area contributed by atoms with E-state index in [1.165, 1.54) is 0 Å². The quantitative estimate of drug-likeness (QED) is 0.568. The lowest BCUT2D eigenvalue weighted by atomic mass is 9.83. The van der Waals surface area contributed by atoms with Crippen LogP contribution >= 0.6 is 0 Å². The minimum atomic E-state index is -0.00467. The summed E-state index contributed by atoms with van der Waals surface area (Å²) in [5.41, 5.74) is 4.11. The number of fused-ring (bicyclic) bond motifs is 2. The number of carbonyl (C=O) groups is 1. The lowest BCUT2D eigenvalue weighted by Crippen LogP contribution is -2.15. The molecule has 0 N–H and O–H groups in total. The maximum Gasteiger partial charge on any atom is 0.198 e. The fourth-order valence-corrected chi connectivity index (χ4v) is 3.18. The van der Waals surface area contributed by atoms with Crippen LogP contribution in [0, 0.1) is 0 Å². The van der Waals surface area contributed by atoms with E-state index >= 15 is 0 Å². The Balaban J connectivity index is 2.21. The summed E-state index contributed by atoms with van der Waals surface area (Å²) in [4.78, 5) is 19.6. The number of carbonyl (C=O) groups excluding carboxylic acids is 1. The summed E-state index contributed by atoms with van der Waals surface area (Å²) in [6.07, 6.45) is 0. The number of rotatable bonds is 2. The molecule has 1 aliphatic carbocycles. The summed E-state index contributed by atoms with van der Waals surface area (Å²) in [6.45, 7) is 0. The molecule has 0 aliphatic heterocycles. The topological polar surface area (TPSA) is 42.4 Å². The molecule has 0 saturated carbocycles. The Morgan fingerprint density at radius 1 is 1.00 bits per heavy atom. The SMILES string of the molecule is COc1ccc2nc(N(C)C)cc3c2c1C(=O)c1ccccc1-3. The summed E-state index contributed by atoms with van der Waals surface area (Å²) >= 11 is 0. The number of benzene rings is 2. The van der Waals surface area contributed by atoms with Crippen molar-refractivity contribution in [1.82, 2.24) is 4.98 Å². The predicted octanol–water partition coefficient (Wildman–Crippen LogP) is 3.52. The third kappa shape index (κ3) is 1.84. The molecule has 0 spiro atoms. The highest BCUT2D eigenvalue weighted by Crippen LogP contribution is 2.43. The smallest absolute Gasteiger partial charge is 0.198 e. The first-order chi connectivity index (χ1) is 11.1. The number of aromatic nitrogens is 1. The molecule has 23 heavy (non-hydrogen) atoms. The molecule has 1 aromatic heterocycles. The van der Waals surface area contributed by atoms with Crippen LogP contribution in [-0.4, -0.2) is 32.0 Å². The standard InChI is InChI=1S/C19H16N2O2/c1-21(2)16-10-13-11-6-4-5-7-12(11)19(22)18-15(23-3)9-8-14(20-16)17(13)18/h4-10H,1-3H3. The van der Waals surface area contributed by atoms with E-state index in [0.717, 1.165) is 27.8 Å². The number of hydrogen-bond acceptors (Lipinski definition) is 4. The molecule has 2 aromatic carbocycles. The third-order valence-electron chi connectivity index (χ3n) is 4.29. The number of ether oxygens (including phenoxy) is 1. The van der Waals surface area contributed by atoms with Gasteiger partial charge >= 0.3 is 0 Å². The highest BCUT2D eigenvalue weighted by atomic mass is 16.5. The molecular weight excluding hydrogens is 288 g/mol. The van der Waals surface area contributed by atoms with Crippen molar-refractivity contribution in [3.63, 3.8) is 0 Å². The van der Waals surface area contributed by atoms with E-state index in [0.29, 0.717) is 16.9 Å². The van der Waals surface area contributed by atoms with Crippen LogP contribution in [-0.2, 0) is 0 Å². The van der Waals surface area contributed by atoms with Crippen molar-refractivity contribution in [2.75, 3.05) is 26.1 Å². The Morgan fingerprint density at radius 3 is 2.43 bits per heavy atom. The fraction of sp³-hybridized carbons (Fsp3) is 0.158. The van der Waals surface area contributed by atoms with Gasteiger partial charge in [-0.2, -0.15) is 0 Å². The van der Waals surface area contributed by atoms with Crippen molar-refractivity contribution in [2.45, 2.75) is 0 Å². The molecule has 1 aliphatic rings. The molecule has 0 fully saturated rings. The zero-order valence-electron chi connectivity index (χ0n) is 13.3. The number of nitrogens with zero attached hydrogens (tertiary/aromatic N) is 2. The molecule has 4 heteroatoms. The average molecular weight is 304 g/mol. The summed E-state index contributed by atoms with van der Waals surface area (Å²) in [6, 6.07) is 13.5. The van der Waals surface area contributed by atoms with Gasteiger partial charge in [0.1, 0.15) is 11.6 Å². The number of methoxy groups -OCH3 is 1. The van der Waals surface area contributed by atoms with Gasteiger partial charge in [-0.05, 0) is 29.3 Å². The highest BCUT2D eigenvalue weighted by Gasteiger charge is 2.29. The van der Waals surface area contributed by atoms with Gasteiger partial charge in [-0.3, -0.25) is 4.79 Å². The van der Waals surface area contributed by atoms with Crippen LogP contribution < -0.4 is 9.64 Å². The van der Waals surface area contributed by atoms with Crippen LogP contribution in [0.3, 0.4) is 0 Å². The van der Waals surface area contributed by atoms with E-state index < -0.39 is 0 Å². The zero-order valence-corrected chi connectivity index (χ0v) is 13.3. The van der Waals surface area contributed by atoms with Gasteiger partial charge in [0, 0.05) is 25.0 Å². The van der Waals surface area contributed by atoms with Gasteiger partial charge in [-0.25, -0.2) is 4.98 Å². The van der Waals surface area contributed by atoms with E-state index in [2.05, 4.69) is 4.98 Å². The minimum absolute atomic E-state index is 0.00467. The predicted molar refractivity (Wildman–Crippen MR) is 91.5 cm³/mol. The second-order valence-electron chi connectivity index (χ2n) is 5.83. The van der Waals surface area contributed by atoms with Gasteiger partial charge in [-0.15, -0.1) is 0 Å². The molecule has 0 saturated heterocycles. The first kappa shape index (κ1) is 13.8. The van der Waals surface area contributed by atoms with Crippen molar-refractivity contribution in [3.8, 4) is 16.9 Å². The van der Waals surface area contributed by atoms with Crippen molar-refractivity contribution < 1.29 is 9.53 Å². The van der Waals surface area contributed by atoms with Gasteiger partial charge in [0.25, 0.3) is 0 Å². The average Bonchev–Trinajstić information content (AvgIpc) is 2.58. The summed E-state index contributed by atoms with van der Waals surface area (Å²) < 4.78 is 5.44. The first-order valence-electron chi connectivity index (χ1n) is 7.45. The van der Waals surface area contributed by atoms with Crippen LogP contribution in [0.1, 0.15) is 15.9 Å². The van der Waals surface area contributed by atoms with Crippen molar-refractivity contribution in [3.05, 3.63) is 53.6 Å². The van der Waals surface area contributed by atoms with Gasteiger partial charge in [0.2, 0.25) is 0 Å². The van der Waals surface area contributed by atoms with Gasteiger partial charge in [0.05, 0.1) is 18.2 Å². The maximum absolute atomic E-state index is 13.0. The molecule has 0 atom stereocenters. The normalized spacial score (nSPS) is 12.2. The summed E-state index contributed by atoms with van der Waals surface area (Å²) in [5, 5.41) is 0.874. The number of pyridine rings is 1. The largest absolute Gasteiger partial charge is 0.496 e. The summed E-state index contributed by atoms with van der Waals surface area (Å²) in [7, 11) is 5.52. The fourth-order valence-electron chi connectivity index (χ4n) is 3.18. The number of ketones is 1. The van der Waals surface area contributed by atoms with Gasteiger partial charge in [-0.1, -0.05) is 24.3 Å². The highest BCUT2D eigenvalue weighted by molar-refractivity contribution is 6.27. The molecule has 114 valence electrons. The maximum atomic E-state index is 13.0. The van der Waals surface area contributed by atoms with Crippen molar-refractivity contribution >= 4 is 22.5 Å². The molecule has 0 unspecified atom stereocenters. The molecule has 0 radical (unpaired) electrons. The first-order valence-corrected chi connectivity index (χ1v) is 7.45. The lowest BCUT2D eigenvalue weighted by molar-refractivity contribution is 0.103. The molecule has 4 nitrogen and oxygen atoms in total. The van der Waals surface area contributed by atoms with Crippen molar-refractivity contribution in [2.24, 2.45) is 0 Å².